The number of aromatic nitrogens is 1. The average Bonchev–Trinajstić information content (AvgIpc) is 3.24. The zero-order valence-electron chi connectivity index (χ0n) is 22.3. The summed E-state index contributed by atoms with van der Waals surface area (Å²) in [6.07, 6.45) is -4.34. The Morgan fingerprint density at radius 1 is 1.16 bits per heavy atom. The van der Waals surface area contributed by atoms with E-state index in [4.69, 9.17) is 0 Å². The highest BCUT2D eigenvalue weighted by atomic mass is 19.4. The molecule has 0 radical (unpaired) electrons. The van der Waals surface area contributed by atoms with Gasteiger partial charge in [0, 0.05) is 58.4 Å². The third-order valence-corrected chi connectivity index (χ3v) is 7.25. The molecule has 1 aromatic carbocycles. The van der Waals surface area contributed by atoms with Crippen molar-refractivity contribution in [3.05, 3.63) is 47.2 Å². The minimum absolute atomic E-state index is 0.0562. The Morgan fingerprint density at radius 2 is 1.87 bits per heavy atom. The monoisotopic (exact) mass is 532 g/mol. The molecular weight excluding hydrogens is 497 g/mol. The number of likely N-dealkylation sites (N-methyl/N-ethyl adjacent to an activating group) is 2. The lowest BCUT2D eigenvalue weighted by atomic mass is 10.1. The van der Waals surface area contributed by atoms with Gasteiger partial charge in [0.25, 0.3) is 0 Å². The molecule has 2 fully saturated rings. The number of piperazine rings is 1. The van der Waals surface area contributed by atoms with Gasteiger partial charge in [-0.3, -0.25) is 19.4 Å². The van der Waals surface area contributed by atoms with E-state index in [1.54, 1.807) is 6.07 Å². The van der Waals surface area contributed by atoms with Crippen LogP contribution in [0, 0.1) is 13.8 Å². The van der Waals surface area contributed by atoms with Crippen molar-refractivity contribution in [2.75, 3.05) is 68.5 Å². The second-order valence-corrected chi connectivity index (χ2v) is 10.2. The SMILES string of the molecule is Cc1cc(C(F)(F)F)cc(N2C(=O)CCC2C(=O)Nc2cccc(C)c2N(C)CCN2CCN(C)CC2)n1. The maximum atomic E-state index is 13.4. The van der Waals surface area contributed by atoms with Gasteiger partial charge in [-0.25, -0.2) is 4.98 Å². The van der Waals surface area contributed by atoms with E-state index in [0.717, 1.165) is 67.6 Å². The fourth-order valence-electron chi connectivity index (χ4n) is 5.11. The first-order valence-corrected chi connectivity index (χ1v) is 12.8. The minimum Gasteiger partial charge on any atom is -0.371 e. The fourth-order valence-corrected chi connectivity index (χ4v) is 5.11. The minimum atomic E-state index is -4.59. The van der Waals surface area contributed by atoms with Crippen LogP contribution in [0.5, 0.6) is 0 Å². The number of rotatable bonds is 7. The number of pyridine rings is 1. The van der Waals surface area contributed by atoms with Crippen LogP contribution in [0.3, 0.4) is 0 Å². The van der Waals surface area contributed by atoms with Gasteiger partial charge in [0.15, 0.2) is 0 Å². The van der Waals surface area contributed by atoms with Crippen LogP contribution in [-0.2, 0) is 15.8 Å². The van der Waals surface area contributed by atoms with Crippen molar-refractivity contribution in [1.82, 2.24) is 14.8 Å². The van der Waals surface area contributed by atoms with E-state index >= 15 is 0 Å². The summed E-state index contributed by atoms with van der Waals surface area (Å²) >= 11 is 0. The summed E-state index contributed by atoms with van der Waals surface area (Å²) in [5, 5.41) is 2.95. The summed E-state index contributed by atoms with van der Waals surface area (Å²) in [6, 6.07) is 6.43. The quantitative estimate of drug-likeness (QED) is 0.589. The highest BCUT2D eigenvalue weighted by molar-refractivity contribution is 6.08. The Bertz CT molecular complexity index is 1180. The molecule has 2 aliphatic rings. The van der Waals surface area contributed by atoms with Gasteiger partial charge in [-0.1, -0.05) is 12.1 Å². The maximum absolute atomic E-state index is 13.4. The first-order chi connectivity index (χ1) is 17.9. The largest absolute Gasteiger partial charge is 0.416 e. The number of carbonyl (C=O) groups is 2. The molecule has 0 saturated carbocycles. The number of alkyl halides is 3. The van der Waals surface area contributed by atoms with Gasteiger partial charge < -0.3 is 15.1 Å². The van der Waals surface area contributed by atoms with Gasteiger partial charge >= 0.3 is 6.18 Å². The van der Waals surface area contributed by atoms with Crippen LogP contribution in [-0.4, -0.2) is 86.0 Å². The van der Waals surface area contributed by atoms with E-state index in [1.807, 2.05) is 26.1 Å². The van der Waals surface area contributed by atoms with E-state index in [9.17, 15) is 22.8 Å². The van der Waals surface area contributed by atoms with Crippen LogP contribution in [0.1, 0.15) is 29.7 Å². The molecule has 2 saturated heterocycles. The number of hydrogen-bond acceptors (Lipinski definition) is 6. The standard InChI is InChI=1S/C27H35F3N6O2/c1-18-6-5-7-21(25(18)34(4)12-15-35-13-10-33(3)11-14-35)32-26(38)22-8-9-24(37)36(22)23-17-20(27(28,29)30)16-19(2)31-23/h5-7,16-17,22H,8-15H2,1-4H3,(H,32,38). The molecule has 1 N–H and O–H groups in total. The fraction of sp³-hybridized carbons (Fsp3) is 0.519. The normalized spacial score (nSPS) is 19.2. The summed E-state index contributed by atoms with van der Waals surface area (Å²) in [6.45, 7) is 9.14. The van der Waals surface area contributed by atoms with Crippen molar-refractivity contribution < 1.29 is 22.8 Å². The molecule has 38 heavy (non-hydrogen) atoms. The van der Waals surface area contributed by atoms with E-state index in [2.05, 4.69) is 32.0 Å². The summed E-state index contributed by atoms with van der Waals surface area (Å²) in [7, 11) is 4.10. The second kappa shape index (κ2) is 11.3. The van der Waals surface area contributed by atoms with Crippen LogP contribution < -0.4 is 15.1 Å². The molecule has 1 atom stereocenters. The summed E-state index contributed by atoms with van der Waals surface area (Å²) in [5.41, 5.74) is 1.68. The maximum Gasteiger partial charge on any atom is 0.416 e. The predicted octanol–water partition coefficient (Wildman–Crippen LogP) is 3.53. The number of halogens is 3. The molecule has 11 heteroatoms. The van der Waals surface area contributed by atoms with Crippen LogP contribution >= 0.6 is 0 Å². The number of benzene rings is 1. The van der Waals surface area contributed by atoms with Crippen molar-refractivity contribution in [3.8, 4) is 0 Å². The zero-order chi connectivity index (χ0) is 27.6. The van der Waals surface area contributed by atoms with Crippen molar-refractivity contribution in [3.63, 3.8) is 0 Å². The van der Waals surface area contributed by atoms with Gasteiger partial charge in [-0.15, -0.1) is 0 Å². The molecule has 3 heterocycles. The number of nitrogens with zero attached hydrogens (tertiary/aromatic N) is 5. The Kier molecular flexibility index (Phi) is 8.27. The van der Waals surface area contributed by atoms with Crippen molar-refractivity contribution in [2.24, 2.45) is 0 Å². The van der Waals surface area contributed by atoms with E-state index in [1.165, 1.54) is 6.92 Å². The molecule has 4 rings (SSSR count). The van der Waals surface area contributed by atoms with Crippen LogP contribution in [0.25, 0.3) is 0 Å². The van der Waals surface area contributed by atoms with Crippen LogP contribution in [0.15, 0.2) is 30.3 Å². The number of hydrogen-bond donors (Lipinski definition) is 1. The first kappa shape index (κ1) is 27.8. The van der Waals surface area contributed by atoms with Gasteiger partial charge in [0.05, 0.1) is 16.9 Å². The summed E-state index contributed by atoms with van der Waals surface area (Å²) < 4.78 is 40.2. The molecule has 8 nitrogen and oxygen atoms in total. The van der Waals surface area contributed by atoms with Crippen molar-refractivity contribution in [2.45, 2.75) is 38.9 Å². The molecule has 1 aromatic heterocycles. The molecule has 2 amide bonds. The smallest absolute Gasteiger partial charge is 0.371 e. The molecule has 2 aliphatic heterocycles. The summed E-state index contributed by atoms with van der Waals surface area (Å²) in [4.78, 5) is 38.3. The van der Waals surface area contributed by atoms with E-state index < -0.39 is 29.6 Å². The van der Waals surface area contributed by atoms with Crippen LogP contribution in [0.4, 0.5) is 30.4 Å². The Hall–Kier alpha value is -3.18. The highest BCUT2D eigenvalue weighted by Crippen LogP contribution is 2.35. The lowest BCUT2D eigenvalue weighted by Crippen LogP contribution is -2.46. The Balaban J connectivity index is 1.52. The van der Waals surface area contributed by atoms with Crippen molar-refractivity contribution in [1.29, 1.82) is 0 Å². The Labute approximate surface area is 221 Å². The van der Waals surface area contributed by atoms with Gasteiger partial charge in [0.1, 0.15) is 11.9 Å². The molecule has 1 unspecified atom stereocenters. The van der Waals surface area contributed by atoms with Gasteiger partial charge in [-0.2, -0.15) is 13.2 Å². The number of nitrogens with one attached hydrogen (secondary N) is 1. The highest BCUT2D eigenvalue weighted by Gasteiger charge is 2.40. The average molecular weight is 533 g/mol. The number of carbonyl (C=O) groups excluding carboxylic acids is 2. The molecule has 0 spiro atoms. The number of para-hydroxylation sites is 1. The van der Waals surface area contributed by atoms with E-state index in [0.29, 0.717) is 5.69 Å². The van der Waals surface area contributed by atoms with Gasteiger partial charge in [0.2, 0.25) is 11.8 Å². The first-order valence-electron chi connectivity index (χ1n) is 12.8. The molecule has 0 bridgehead atoms. The van der Waals surface area contributed by atoms with Gasteiger partial charge in [-0.05, 0) is 51.1 Å². The number of aryl methyl sites for hydroxylation is 2. The van der Waals surface area contributed by atoms with Crippen molar-refractivity contribution >= 4 is 29.0 Å². The zero-order valence-corrected chi connectivity index (χ0v) is 22.3. The number of anilines is 3. The Morgan fingerprint density at radius 3 is 2.55 bits per heavy atom. The molecule has 2 aromatic rings. The lowest BCUT2D eigenvalue weighted by molar-refractivity contribution is -0.137. The van der Waals surface area contributed by atoms with Crippen LogP contribution in [0.2, 0.25) is 0 Å². The third kappa shape index (κ3) is 6.27. The second-order valence-electron chi connectivity index (χ2n) is 10.2. The summed E-state index contributed by atoms with van der Waals surface area (Å²) in [5.74, 6) is -1.04. The molecule has 0 aliphatic carbocycles. The topological polar surface area (TPSA) is 72.0 Å². The van der Waals surface area contributed by atoms with E-state index in [-0.39, 0.29) is 24.4 Å². The molecular formula is C27H35F3N6O2. The molecule has 206 valence electrons. The lowest BCUT2D eigenvalue weighted by Gasteiger charge is -2.34. The predicted molar refractivity (Wildman–Crippen MR) is 141 cm³/mol. The number of amides is 2. The third-order valence-electron chi connectivity index (χ3n) is 7.25.